The molecule has 0 aliphatic carbocycles. The number of ether oxygens (including phenoxy) is 1. The molecule has 0 amide bonds. The molecule has 0 aliphatic rings. The highest BCUT2D eigenvalue weighted by Crippen LogP contribution is 2.32. The minimum Gasteiger partial charge on any atom is -0.496 e. The third kappa shape index (κ3) is 2.50. The van der Waals surface area contributed by atoms with E-state index in [9.17, 15) is 0 Å². The zero-order valence-electron chi connectivity index (χ0n) is 11.7. The van der Waals surface area contributed by atoms with Crippen LogP contribution in [0.1, 0.15) is 0 Å². The highest BCUT2D eigenvalue weighted by Gasteiger charge is 2.12. The van der Waals surface area contributed by atoms with Crippen LogP contribution in [0.2, 0.25) is 5.02 Å². The van der Waals surface area contributed by atoms with Gasteiger partial charge in [-0.1, -0.05) is 23.7 Å². The van der Waals surface area contributed by atoms with E-state index in [4.69, 9.17) is 16.3 Å². The first-order valence-corrected chi connectivity index (χ1v) is 6.89. The normalized spacial score (nSPS) is 10.6. The highest BCUT2D eigenvalue weighted by atomic mass is 35.5. The summed E-state index contributed by atoms with van der Waals surface area (Å²) >= 11 is 6.00. The maximum atomic E-state index is 6.00. The van der Waals surface area contributed by atoms with E-state index in [1.807, 2.05) is 37.4 Å². The van der Waals surface area contributed by atoms with E-state index >= 15 is 0 Å². The second kappa shape index (κ2) is 5.58. The van der Waals surface area contributed by atoms with Gasteiger partial charge in [-0.3, -0.25) is 0 Å². The summed E-state index contributed by atoms with van der Waals surface area (Å²) in [5.74, 6) is 2.04. The Morgan fingerprint density at radius 2 is 1.90 bits per heavy atom. The average Bonchev–Trinajstić information content (AvgIpc) is 2.53. The maximum Gasteiger partial charge on any atom is 0.165 e. The molecule has 0 fully saturated rings. The number of nitrogens with zero attached hydrogens (tertiary/aromatic N) is 2. The van der Waals surface area contributed by atoms with E-state index in [2.05, 4.69) is 15.3 Å². The molecule has 0 bridgehead atoms. The largest absolute Gasteiger partial charge is 0.496 e. The number of para-hydroxylation sites is 1. The average molecular weight is 300 g/mol. The van der Waals surface area contributed by atoms with Crippen molar-refractivity contribution in [2.24, 2.45) is 0 Å². The molecule has 106 valence electrons. The lowest BCUT2D eigenvalue weighted by atomic mass is 10.1. The molecule has 0 spiro atoms. The molecule has 2 aromatic carbocycles. The molecule has 0 saturated heterocycles. The zero-order valence-corrected chi connectivity index (χ0v) is 12.5. The molecule has 1 aromatic heterocycles. The quantitative estimate of drug-likeness (QED) is 0.794. The molecule has 0 aliphatic heterocycles. The second-order valence-electron chi connectivity index (χ2n) is 4.51. The first-order valence-electron chi connectivity index (χ1n) is 6.51. The van der Waals surface area contributed by atoms with Crippen molar-refractivity contribution in [2.45, 2.75) is 0 Å². The Morgan fingerprint density at radius 1 is 1.10 bits per heavy atom. The lowest BCUT2D eigenvalue weighted by Crippen LogP contribution is -1.99. The Morgan fingerprint density at radius 3 is 2.67 bits per heavy atom. The predicted molar refractivity (Wildman–Crippen MR) is 86.1 cm³/mol. The fraction of sp³-hybridized carbons (Fsp3) is 0.125. The van der Waals surface area contributed by atoms with E-state index in [1.165, 1.54) is 0 Å². The minimum atomic E-state index is 0.603. The van der Waals surface area contributed by atoms with Crippen molar-refractivity contribution in [3.8, 4) is 17.1 Å². The monoisotopic (exact) mass is 299 g/mol. The van der Waals surface area contributed by atoms with E-state index < -0.39 is 0 Å². The summed E-state index contributed by atoms with van der Waals surface area (Å²) in [6, 6.07) is 13.3. The summed E-state index contributed by atoms with van der Waals surface area (Å²) in [5.41, 5.74) is 1.69. The van der Waals surface area contributed by atoms with Crippen LogP contribution in [0, 0.1) is 0 Å². The number of benzene rings is 2. The number of methoxy groups -OCH3 is 1. The molecule has 0 radical (unpaired) electrons. The zero-order chi connectivity index (χ0) is 14.8. The van der Waals surface area contributed by atoms with Gasteiger partial charge >= 0.3 is 0 Å². The molecule has 3 rings (SSSR count). The summed E-state index contributed by atoms with van der Waals surface area (Å²) in [6.45, 7) is 0. The Labute approximate surface area is 127 Å². The summed E-state index contributed by atoms with van der Waals surface area (Å²) in [7, 11) is 3.45. The van der Waals surface area contributed by atoms with Gasteiger partial charge in [0.1, 0.15) is 11.6 Å². The van der Waals surface area contributed by atoms with Crippen LogP contribution in [0.4, 0.5) is 5.82 Å². The van der Waals surface area contributed by atoms with Gasteiger partial charge in [-0.2, -0.15) is 0 Å². The number of hydrogen-bond donors (Lipinski definition) is 1. The van der Waals surface area contributed by atoms with Crippen molar-refractivity contribution in [2.75, 3.05) is 19.5 Å². The topological polar surface area (TPSA) is 47.0 Å². The minimum absolute atomic E-state index is 0.603. The molecule has 0 unspecified atom stereocenters. The first kappa shape index (κ1) is 13.6. The number of aromatic nitrogens is 2. The predicted octanol–water partition coefficient (Wildman–Crippen LogP) is 4.00. The molecule has 4 nitrogen and oxygen atoms in total. The van der Waals surface area contributed by atoms with Crippen LogP contribution in [0.25, 0.3) is 22.3 Å². The highest BCUT2D eigenvalue weighted by molar-refractivity contribution is 6.30. The molecular weight excluding hydrogens is 286 g/mol. The standard InChI is InChI=1S/C16H14ClN3O/c1-18-15-11-5-3-4-6-13(11)19-16(20-15)12-8-7-10(17)9-14(12)21-2/h3-9H,1-2H3,(H,18,19,20). The Hall–Kier alpha value is -2.33. The van der Waals surface area contributed by atoms with Crippen molar-refractivity contribution in [1.29, 1.82) is 0 Å². The van der Waals surface area contributed by atoms with Crippen molar-refractivity contribution >= 4 is 28.3 Å². The summed E-state index contributed by atoms with van der Waals surface area (Å²) in [6.07, 6.45) is 0. The van der Waals surface area contributed by atoms with Gasteiger partial charge in [-0.15, -0.1) is 0 Å². The number of rotatable bonds is 3. The van der Waals surface area contributed by atoms with Crippen LogP contribution in [0.15, 0.2) is 42.5 Å². The van der Waals surface area contributed by atoms with Gasteiger partial charge in [-0.05, 0) is 30.3 Å². The van der Waals surface area contributed by atoms with Gasteiger partial charge in [0.25, 0.3) is 0 Å². The lowest BCUT2D eigenvalue weighted by Gasteiger charge is -2.11. The van der Waals surface area contributed by atoms with Gasteiger partial charge in [0.15, 0.2) is 5.82 Å². The fourth-order valence-corrected chi connectivity index (χ4v) is 2.40. The number of halogens is 1. The van der Waals surface area contributed by atoms with Crippen molar-refractivity contribution < 1.29 is 4.74 Å². The van der Waals surface area contributed by atoms with Crippen LogP contribution < -0.4 is 10.1 Å². The van der Waals surface area contributed by atoms with Crippen molar-refractivity contribution in [1.82, 2.24) is 9.97 Å². The molecule has 1 heterocycles. The lowest BCUT2D eigenvalue weighted by molar-refractivity contribution is 0.416. The van der Waals surface area contributed by atoms with Crippen LogP contribution in [-0.4, -0.2) is 24.1 Å². The SMILES string of the molecule is CNc1nc(-c2ccc(Cl)cc2OC)nc2ccccc12. The van der Waals surface area contributed by atoms with E-state index in [1.54, 1.807) is 19.2 Å². The summed E-state index contributed by atoms with van der Waals surface area (Å²) in [4.78, 5) is 9.20. The molecule has 1 N–H and O–H groups in total. The maximum absolute atomic E-state index is 6.00. The smallest absolute Gasteiger partial charge is 0.165 e. The van der Waals surface area contributed by atoms with E-state index in [-0.39, 0.29) is 0 Å². The van der Waals surface area contributed by atoms with Gasteiger partial charge in [0.05, 0.1) is 18.2 Å². The summed E-state index contributed by atoms with van der Waals surface area (Å²) < 4.78 is 5.38. The van der Waals surface area contributed by atoms with Crippen LogP contribution in [0.3, 0.4) is 0 Å². The molecule has 3 aromatic rings. The molecule has 0 saturated carbocycles. The Balaban J connectivity index is 2.26. The first-order chi connectivity index (χ1) is 10.2. The number of hydrogen-bond acceptors (Lipinski definition) is 4. The molecule has 0 atom stereocenters. The number of anilines is 1. The molecular formula is C16H14ClN3O. The van der Waals surface area contributed by atoms with Gasteiger partial charge < -0.3 is 10.1 Å². The van der Waals surface area contributed by atoms with Crippen LogP contribution in [-0.2, 0) is 0 Å². The Bertz CT molecular complexity index is 805. The molecule has 21 heavy (non-hydrogen) atoms. The van der Waals surface area contributed by atoms with Crippen LogP contribution >= 0.6 is 11.6 Å². The Kier molecular flexibility index (Phi) is 3.62. The summed E-state index contributed by atoms with van der Waals surface area (Å²) in [5, 5.41) is 4.71. The third-order valence-corrected chi connectivity index (χ3v) is 3.48. The van der Waals surface area contributed by atoms with E-state index in [0.717, 1.165) is 22.3 Å². The van der Waals surface area contributed by atoms with Gasteiger partial charge in [0, 0.05) is 17.5 Å². The second-order valence-corrected chi connectivity index (χ2v) is 4.94. The van der Waals surface area contributed by atoms with Crippen molar-refractivity contribution in [3.63, 3.8) is 0 Å². The van der Waals surface area contributed by atoms with Crippen LogP contribution in [0.5, 0.6) is 5.75 Å². The van der Waals surface area contributed by atoms with E-state index in [0.29, 0.717) is 16.6 Å². The van der Waals surface area contributed by atoms with Gasteiger partial charge in [0.2, 0.25) is 0 Å². The fourth-order valence-electron chi connectivity index (χ4n) is 2.24. The third-order valence-electron chi connectivity index (χ3n) is 3.24. The number of fused-ring (bicyclic) bond motifs is 1. The molecule has 5 heteroatoms. The van der Waals surface area contributed by atoms with Crippen molar-refractivity contribution in [3.05, 3.63) is 47.5 Å². The van der Waals surface area contributed by atoms with Gasteiger partial charge in [-0.25, -0.2) is 9.97 Å². The number of nitrogens with one attached hydrogen (secondary N) is 1.